The third-order valence-corrected chi connectivity index (χ3v) is 5.82. The van der Waals surface area contributed by atoms with Gasteiger partial charge >= 0.3 is 0 Å². The molecule has 6 heteroatoms. The third-order valence-electron chi connectivity index (χ3n) is 5.82. The molecule has 2 aromatic heterocycles. The first-order valence-corrected chi connectivity index (χ1v) is 10.5. The molecule has 2 N–H and O–H groups in total. The number of benzene rings is 2. The summed E-state index contributed by atoms with van der Waals surface area (Å²) in [7, 11) is 0. The summed E-state index contributed by atoms with van der Waals surface area (Å²) in [5.41, 5.74) is 10.1. The van der Waals surface area contributed by atoms with Gasteiger partial charge in [0.15, 0.2) is 5.65 Å². The standard InChI is InChI=1S/C24H25N5O/c1-16-7-11-19(12-8-16)30-20-13-9-17(10-14-20)22-21-23(25)26-15-27-24(21)29(28-22)18-5-3-2-4-6-18/h7-15,18H,2-6H2,1H3,(H2,25,26,27). The molecule has 30 heavy (non-hydrogen) atoms. The molecule has 2 aromatic carbocycles. The Bertz CT molecular complexity index is 1160. The van der Waals surface area contributed by atoms with Crippen LogP contribution in [0.5, 0.6) is 11.5 Å². The van der Waals surface area contributed by atoms with Crippen LogP contribution in [0.4, 0.5) is 5.82 Å². The number of nitrogens with zero attached hydrogens (tertiary/aromatic N) is 4. The molecule has 1 aliphatic carbocycles. The predicted molar refractivity (Wildman–Crippen MR) is 119 cm³/mol. The molecule has 0 atom stereocenters. The second-order valence-electron chi connectivity index (χ2n) is 7.98. The average Bonchev–Trinajstić information content (AvgIpc) is 3.18. The Morgan fingerprint density at radius 3 is 2.27 bits per heavy atom. The smallest absolute Gasteiger partial charge is 0.164 e. The van der Waals surface area contributed by atoms with E-state index in [1.807, 2.05) is 48.5 Å². The van der Waals surface area contributed by atoms with Crippen LogP contribution in [0.1, 0.15) is 43.7 Å². The zero-order valence-electron chi connectivity index (χ0n) is 17.1. The minimum absolute atomic E-state index is 0.369. The number of hydrogen-bond acceptors (Lipinski definition) is 5. The van der Waals surface area contributed by atoms with Crippen molar-refractivity contribution in [3.63, 3.8) is 0 Å². The van der Waals surface area contributed by atoms with Gasteiger partial charge in [0.25, 0.3) is 0 Å². The van der Waals surface area contributed by atoms with E-state index in [1.165, 1.54) is 31.2 Å². The molecule has 0 amide bonds. The first-order valence-electron chi connectivity index (χ1n) is 10.5. The van der Waals surface area contributed by atoms with Gasteiger partial charge in [-0.25, -0.2) is 14.6 Å². The molecular formula is C24H25N5O. The molecule has 0 aliphatic heterocycles. The summed E-state index contributed by atoms with van der Waals surface area (Å²) in [6.45, 7) is 2.06. The van der Waals surface area contributed by atoms with E-state index in [9.17, 15) is 0 Å². The number of fused-ring (bicyclic) bond motifs is 1. The molecule has 0 saturated heterocycles. The van der Waals surface area contributed by atoms with Crippen molar-refractivity contribution >= 4 is 16.9 Å². The Balaban J connectivity index is 1.50. The minimum Gasteiger partial charge on any atom is -0.457 e. The predicted octanol–water partition coefficient (Wildman–Crippen LogP) is 5.68. The van der Waals surface area contributed by atoms with E-state index in [0.717, 1.165) is 46.6 Å². The van der Waals surface area contributed by atoms with E-state index in [4.69, 9.17) is 15.6 Å². The second-order valence-corrected chi connectivity index (χ2v) is 7.98. The zero-order valence-corrected chi connectivity index (χ0v) is 17.1. The number of anilines is 1. The quantitative estimate of drug-likeness (QED) is 0.477. The first-order chi connectivity index (χ1) is 14.7. The molecule has 0 radical (unpaired) electrons. The summed E-state index contributed by atoms with van der Waals surface area (Å²) in [5.74, 6) is 2.07. The molecule has 1 aliphatic rings. The Morgan fingerprint density at radius 1 is 0.900 bits per heavy atom. The maximum absolute atomic E-state index is 6.25. The highest BCUT2D eigenvalue weighted by Crippen LogP contribution is 2.36. The van der Waals surface area contributed by atoms with Crippen LogP contribution in [0.25, 0.3) is 22.3 Å². The molecule has 0 unspecified atom stereocenters. The zero-order chi connectivity index (χ0) is 20.5. The molecule has 2 heterocycles. The molecule has 152 valence electrons. The molecule has 4 aromatic rings. The van der Waals surface area contributed by atoms with Crippen LogP contribution in [0.15, 0.2) is 54.9 Å². The molecule has 1 fully saturated rings. The SMILES string of the molecule is Cc1ccc(Oc2ccc(-c3nn(C4CCCCC4)c4ncnc(N)c34)cc2)cc1. The van der Waals surface area contributed by atoms with Crippen molar-refractivity contribution in [2.75, 3.05) is 5.73 Å². The van der Waals surface area contributed by atoms with Crippen molar-refractivity contribution < 1.29 is 4.74 Å². The lowest BCUT2D eigenvalue weighted by Gasteiger charge is -2.22. The van der Waals surface area contributed by atoms with Crippen molar-refractivity contribution in [3.8, 4) is 22.8 Å². The van der Waals surface area contributed by atoms with Gasteiger partial charge in [-0.1, -0.05) is 37.0 Å². The second kappa shape index (κ2) is 7.78. The lowest BCUT2D eigenvalue weighted by atomic mass is 9.96. The lowest BCUT2D eigenvalue weighted by molar-refractivity contribution is 0.336. The number of aromatic nitrogens is 4. The van der Waals surface area contributed by atoms with Crippen LogP contribution in [-0.2, 0) is 0 Å². The molecule has 0 bridgehead atoms. The summed E-state index contributed by atoms with van der Waals surface area (Å²) < 4.78 is 8.03. The molecule has 1 saturated carbocycles. The van der Waals surface area contributed by atoms with Crippen molar-refractivity contribution in [1.82, 2.24) is 19.7 Å². The fourth-order valence-electron chi connectivity index (χ4n) is 4.20. The fourth-order valence-corrected chi connectivity index (χ4v) is 4.20. The monoisotopic (exact) mass is 399 g/mol. The third kappa shape index (κ3) is 3.49. The highest BCUT2D eigenvalue weighted by atomic mass is 16.5. The van der Waals surface area contributed by atoms with Crippen LogP contribution >= 0.6 is 0 Å². The Labute approximate surface area is 175 Å². The van der Waals surface area contributed by atoms with Gasteiger partial charge in [0.1, 0.15) is 29.3 Å². The van der Waals surface area contributed by atoms with Gasteiger partial charge in [-0.15, -0.1) is 0 Å². The number of hydrogen-bond donors (Lipinski definition) is 1. The number of ether oxygens (including phenoxy) is 1. The number of nitrogen functional groups attached to an aromatic ring is 1. The van der Waals surface area contributed by atoms with E-state index in [0.29, 0.717) is 11.9 Å². The van der Waals surface area contributed by atoms with Gasteiger partial charge in [0.2, 0.25) is 0 Å². The maximum Gasteiger partial charge on any atom is 0.164 e. The van der Waals surface area contributed by atoms with Gasteiger partial charge < -0.3 is 10.5 Å². The highest BCUT2D eigenvalue weighted by molar-refractivity contribution is 5.98. The summed E-state index contributed by atoms with van der Waals surface area (Å²) >= 11 is 0. The minimum atomic E-state index is 0.369. The summed E-state index contributed by atoms with van der Waals surface area (Å²) in [5, 5.41) is 5.79. The average molecular weight is 399 g/mol. The molecule has 6 nitrogen and oxygen atoms in total. The van der Waals surface area contributed by atoms with Crippen LogP contribution < -0.4 is 10.5 Å². The van der Waals surface area contributed by atoms with Crippen LogP contribution in [-0.4, -0.2) is 19.7 Å². The summed E-state index contributed by atoms with van der Waals surface area (Å²) in [6, 6.07) is 16.3. The highest BCUT2D eigenvalue weighted by Gasteiger charge is 2.23. The number of rotatable bonds is 4. The Hall–Kier alpha value is -3.41. The van der Waals surface area contributed by atoms with Crippen LogP contribution in [0.2, 0.25) is 0 Å². The molecule has 5 rings (SSSR count). The Morgan fingerprint density at radius 2 is 1.57 bits per heavy atom. The van der Waals surface area contributed by atoms with Gasteiger partial charge in [-0.2, -0.15) is 5.10 Å². The summed E-state index contributed by atoms with van der Waals surface area (Å²) in [6.07, 6.45) is 7.54. The lowest BCUT2D eigenvalue weighted by Crippen LogP contribution is -2.14. The van der Waals surface area contributed by atoms with E-state index in [1.54, 1.807) is 0 Å². The van der Waals surface area contributed by atoms with Gasteiger partial charge in [0, 0.05) is 5.56 Å². The fraction of sp³-hybridized carbons (Fsp3) is 0.292. The van der Waals surface area contributed by atoms with Crippen molar-refractivity contribution in [1.29, 1.82) is 0 Å². The largest absolute Gasteiger partial charge is 0.457 e. The van der Waals surface area contributed by atoms with Crippen LogP contribution in [0, 0.1) is 6.92 Å². The van der Waals surface area contributed by atoms with Gasteiger partial charge in [0.05, 0.1) is 11.4 Å². The topological polar surface area (TPSA) is 78.8 Å². The van der Waals surface area contributed by atoms with E-state index >= 15 is 0 Å². The Kier molecular flexibility index (Phi) is 4.83. The van der Waals surface area contributed by atoms with Crippen molar-refractivity contribution in [2.24, 2.45) is 0 Å². The van der Waals surface area contributed by atoms with E-state index in [-0.39, 0.29) is 0 Å². The van der Waals surface area contributed by atoms with Gasteiger partial charge in [-0.05, 0) is 56.2 Å². The van der Waals surface area contributed by atoms with Gasteiger partial charge in [-0.3, -0.25) is 0 Å². The summed E-state index contributed by atoms with van der Waals surface area (Å²) in [4.78, 5) is 8.75. The van der Waals surface area contributed by atoms with Crippen molar-refractivity contribution in [3.05, 3.63) is 60.4 Å². The number of nitrogens with two attached hydrogens (primary N) is 1. The maximum atomic E-state index is 6.25. The normalized spacial score (nSPS) is 14.8. The molecular weight excluding hydrogens is 374 g/mol. The molecule has 0 spiro atoms. The van der Waals surface area contributed by atoms with Crippen molar-refractivity contribution in [2.45, 2.75) is 45.1 Å². The van der Waals surface area contributed by atoms with Crippen LogP contribution in [0.3, 0.4) is 0 Å². The van der Waals surface area contributed by atoms with E-state index in [2.05, 4.69) is 21.6 Å². The number of aryl methyl sites for hydroxylation is 1. The first kappa shape index (κ1) is 18.6. The van der Waals surface area contributed by atoms with E-state index < -0.39 is 0 Å².